The Bertz CT molecular complexity index is 1260. The second-order valence-electron chi connectivity index (χ2n) is 9.83. The fraction of sp³-hybridized carbons (Fsp3) is 1.00. The van der Waals surface area contributed by atoms with Gasteiger partial charge in [0.25, 0.3) is 31.3 Å². The Kier molecular flexibility index (Phi) is 16.1. The molecule has 30 heteroatoms. The van der Waals surface area contributed by atoms with Gasteiger partial charge in [0.05, 0.1) is 47.2 Å². The molecule has 12 atom stereocenters. The summed E-state index contributed by atoms with van der Waals surface area (Å²) in [5.41, 5.74) is 0. The first kappa shape index (κ1) is 43.7. The third-order valence-corrected chi connectivity index (χ3v) is 13.7. The molecule has 0 spiro atoms. The smallest absolute Gasteiger partial charge is 0.278 e. The van der Waals surface area contributed by atoms with Gasteiger partial charge in [-0.15, -0.1) is 0 Å². The van der Waals surface area contributed by atoms with Crippen molar-refractivity contribution in [3.63, 3.8) is 0 Å². The molecule has 0 bridgehead atoms. The average Bonchev–Trinajstić information content (AvgIpc) is 3.18. The lowest BCUT2D eigenvalue weighted by molar-refractivity contribution is -0.342. The van der Waals surface area contributed by atoms with Crippen LogP contribution in [0.3, 0.4) is 0 Å². The van der Waals surface area contributed by atoms with Crippen LogP contribution in [0.25, 0.3) is 0 Å². The Morgan fingerprint density at radius 3 is 1.24 bits per heavy atom. The summed E-state index contributed by atoms with van der Waals surface area (Å²) in [5, 5.41) is 38.2. The first-order valence-corrected chi connectivity index (χ1v) is 20.8. The standard InChI is InChI=1S/C8H19O12P3.C7H17O12P3/c1-5-2-8(10)7(6(5)3-9)4-18-22(14,15)20-23(16,17)19-21(11,12)13;1-4-2-6(8)5(7(4)9)3-17-21(13,14)19-22(15,16)18-20(10,11)12/h5-10H,2-4H2,1H3,(H,14,15)(H,16,17)(H2,11,12,13);4-9H,2-3H2,1H3,(H,13,14)(H,15,16)(H2,10,11,12)/p-8/t5-,6?,7-,8+;4-,5+,6+,7?/m00/s1. The number of rotatable bonds is 15. The van der Waals surface area contributed by atoms with Gasteiger partial charge < -0.3 is 77.8 Å². The zero-order chi connectivity index (χ0) is 35.4. The lowest BCUT2D eigenvalue weighted by Crippen LogP contribution is -2.29. The molecule has 270 valence electrons. The molecule has 6 unspecified atom stereocenters. The zero-order valence-corrected chi connectivity index (χ0v) is 28.2. The summed E-state index contributed by atoms with van der Waals surface area (Å²) in [6, 6.07) is 0. The summed E-state index contributed by atoms with van der Waals surface area (Å²) in [5.74, 6) is -2.77. The van der Waals surface area contributed by atoms with Gasteiger partial charge in [-0.3, -0.25) is 26.9 Å². The van der Waals surface area contributed by atoms with Crippen molar-refractivity contribution >= 4 is 46.9 Å². The van der Waals surface area contributed by atoms with Crippen molar-refractivity contribution in [2.75, 3.05) is 19.8 Å². The Morgan fingerprint density at radius 2 is 0.911 bits per heavy atom. The third-order valence-electron chi connectivity index (χ3n) is 6.38. The van der Waals surface area contributed by atoms with Crippen molar-refractivity contribution in [1.82, 2.24) is 0 Å². The van der Waals surface area contributed by atoms with Crippen LogP contribution < -0.4 is 39.1 Å². The molecule has 0 heterocycles. The highest BCUT2D eigenvalue weighted by Gasteiger charge is 2.41. The molecule has 45 heavy (non-hydrogen) atoms. The quantitative estimate of drug-likeness (QED) is 0.113. The van der Waals surface area contributed by atoms with E-state index in [0.717, 1.165) is 0 Å². The maximum absolute atomic E-state index is 11.4. The minimum Gasteiger partial charge on any atom is -0.790 e. The molecule has 0 aromatic heterocycles. The van der Waals surface area contributed by atoms with Crippen molar-refractivity contribution < 1.29 is 113 Å². The molecule has 2 rings (SSSR count). The van der Waals surface area contributed by atoms with Gasteiger partial charge in [0.1, 0.15) is 0 Å². The van der Waals surface area contributed by atoms with Crippen LogP contribution in [0.15, 0.2) is 0 Å². The highest BCUT2D eigenvalue weighted by Crippen LogP contribution is 2.61. The summed E-state index contributed by atoms with van der Waals surface area (Å²) in [4.78, 5) is 85.1. The van der Waals surface area contributed by atoms with E-state index in [1.807, 2.05) is 0 Å². The average molecular weight is 778 g/mol. The van der Waals surface area contributed by atoms with E-state index >= 15 is 0 Å². The summed E-state index contributed by atoms with van der Waals surface area (Å²) >= 11 is 0. The second-order valence-corrected chi connectivity index (χ2v) is 18.3. The molecule has 2 fully saturated rings. The van der Waals surface area contributed by atoms with Gasteiger partial charge in [0.15, 0.2) is 0 Å². The number of hydrogen-bond donors (Lipinski definition) is 4. The fourth-order valence-corrected chi connectivity index (χ4v) is 10.2. The van der Waals surface area contributed by atoms with E-state index in [0.29, 0.717) is 0 Å². The highest BCUT2D eigenvalue weighted by molar-refractivity contribution is 7.65. The molecule has 0 amide bonds. The van der Waals surface area contributed by atoms with E-state index < -0.39 is 96.2 Å². The molecule has 24 nitrogen and oxygen atoms in total. The molecule has 0 radical (unpaired) electrons. The summed E-state index contributed by atoms with van der Waals surface area (Å²) in [6.07, 6.45) is -2.70. The Balaban J connectivity index is 0.000000450. The van der Waals surface area contributed by atoms with E-state index in [1.54, 1.807) is 13.8 Å². The molecular weight excluding hydrogens is 750 g/mol. The van der Waals surface area contributed by atoms with Crippen LogP contribution in [0.4, 0.5) is 0 Å². The van der Waals surface area contributed by atoms with Crippen LogP contribution in [0.2, 0.25) is 0 Å². The summed E-state index contributed by atoms with van der Waals surface area (Å²) in [6.45, 7) is 1.46. The molecule has 0 aliphatic heterocycles. The maximum atomic E-state index is 11.4. The predicted molar refractivity (Wildman–Crippen MR) is 125 cm³/mol. The van der Waals surface area contributed by atoms with Gasteiger partial charge in [-0.1, -0.05) is 13.8 Å². The van der Waals surface area contributed by atoms with E-state index in [-0.39, 0.29) is 31.3 Å². The van der Waals surface area contributed by atoms with Crippen molar-refractivity contribution in [3.05, 3.63) is 0 Å². The first-order chi connectivity index (χ1) is 20.0. The van der Waals surface area contributed by atoms with E-state index in [2.05, 4.69) is 26.3 Å². The molecule has 4 N–H and O–H groups in total. The normalized spacial score (nSPS) is 34.5. The minimum absolute atomic E-state index is 0.128. The van der Waals surface area contributed by atoms with Crippen LogP contribution >= 0.6 is 46.9 Å². The molecule has 0 saturated heterocycles. The molecule has 2 aliphatic carbocycles. The monoisotopic (exact) mass is 778 g/mol. The molecule has 0 aromatic carbocycles. The van der Waals surface area contributed by atoms with Crippen LogP contribution in [0.5, 0.6) is 0 Å². The summed E-state index contributed by atoms with van der Waals surface area (Å²) in [7, 11) is -35.2. The highest BCUT2D eigenvalue weighted by atomic mass is 31.3. The van der Waals surface area contributed by atoms with Gasteiger partial charge in [-0.2, -0.15) is 0 Å². The zero-order valence-electron chi connectivity index (χ0n) is 22.8. The maximum Gasteiger partial charge on any atom is 0.278 e. The lowest BCUT2D eigenvalue weighted by atomic mass is 9.91. The van der Waals surface area contributed by atoms with Gasteiger partial charge in [0, 0.05) is 18.4 Å². The van der Waals surface area contributed by atoms with Gasteiger partial charge in [-0.05, 0) is 30.6 Å². The second kappa shape index (κ2) is 16.6. The van der Waals surface area contributed by atoms with Crippen LogP contribution in [0, 0.1) is 29.6 Å². The van der Waals surface area contributed by atoms with E-state index in [4.69, 9.17) is 0 Å². The number of aliphatic hydroxyl groups excluding tert-OH is 4. The topological polar surface area (TPSA) is 423 Å². The third kappa shape index (κ3) is 16.3. The first-order valence-electron chi connectivity index (χ1n) is 12.1. The van der Waals surface area contributed by atoms with Gasteiger partial charge in [-0.25, -0.2) is 8.62 Å². The number of phosphoric acid groups is 6. The van der Waals surface area contributed by atoms with Crippen molar-refractivity contribution in [3.8, 4) is 0 Å². The Labute approximate surface area is 254 Å². The van der Waals surface area contributed by atoms with Crippen molar-refractivity contribution in [1.29, 1.82) is 0 Å². The molecule has 2 aliphatic rings. The Morgan fingerprint density at radius 1 is 0.556 bits per heavy atom. The van der Waals surface area contributed by atoms with Gasteiger partial charge in [0.2, 0.25) is 0 Å². The lowest BCUT2D eigenvalue weighted by Gasteiger charge is -2.38. The minimum atomic E-state index is -6.04. The van der Waals surface area contributed by atoms with Crippen molar-refractivity contribution in [2.45, 2.75) is 45.0 Å². The number of hydrogen-bond acceptors (Lipinski definition) is 24. The molecule has 2 saturated carbocycles. The number of aliphatic hydroxyl groups is 4. The van der Waals surface area contributed by atoms with Crippen molar-refractivity contribution in [2.24, 2.45) is 29.6 Å². The SMILES string of the molecule is C[C@H]1C[C@@H](O)[C@@H](COP(=O)([O-])OP(=O)([O-])OP(=O)([O-])[O-])C1CO.C[C@H]1C[C@@H](O)[C@@H](COP(=O)([O-])OP(=O)([O-])OP(=O)([O-])[O-])C1O. The number of phosphoric ester groups is 2. The van der Waals surface area contributed by atoms with E-state index in [1.165, 1.54) is 0 Å². The predicted octanol–water partition coefficient (Wildman–Crippen LogP) is -5.39. The van der Waals surface area contributed by atoms with Crippen LogP contribution in [-0.2, 0) is 53.7 Å². The Hall–Kier alpha value is 0.660. The van der Waals surface area contributed by atoms with Crippen LogP contribution in [0.1, 0.15) is 26.7 Å². The summed E-state index contributed by atoms with van der Waals surface area (Å²) < 4.78 is 86.0. The molecule has 0 aromatic rings. The largest absolute Gasteiger partial charge is 0.790 e. The van der Waals surface area contributed by atoms with E-state index in [9.17, 15) is 87.0 Å². The fourth-order valence-electron chi connectivity index (χ4n) is 4.46. The molecular formula is C15H28O24P6-8. The van der Waals surface area contributed by atoms with Gasteiger partial charge >= 0.3 is 0 Å². The van der Waals surface area contributed by atoms with Crippen LogP contribution in [-0.4, -0.2) is 58.6 Å².